The quantitative estimate of drug-likeness (QED) is 0.636. The molecule has 1 aliphatic carbocycles. The number of carbonyl (C=O) groups is 2. The summed E-state index contributed by atoms with van der Waals surface area (Å²) >= 11 is 0. The molecule has 74 valence electrons. The van der Waals surface area contributed by atoms with Crippen LogP contribution in [-0.2, 0) is 14.3 Å². The van der Waals surface area contributed by atoms with E-state index < -0.39 is 17.6 Å². The number of carboxylic acid groups (broad SMARTS) is 1. The first-order valence-corrected chi connectivity index (χ1v) is 4.10. The Kier molecular flexibility index (Phi) is 2.56. The molecule has 1 atom stereocenters. The number of aliphatic carboxylic acids is 1. The van der Waals surface area contributed by atoms with Crippen LogP contribution in [0.15, 0.2) is 0 Å². The summed E-state index contributed by atoms with van der Waals surface area (Å²) in [5, 5.41) is 11.2. The minimum atomic E-state index is -1.01. The van der Waals surface area contributed by atoms with Gasteiger partial charge in [0.1, 0.15) is 11.6 Å². The summed E-state index contributed by atoms with van der Waals surface area (Å²) in [6.45, 7) is 1.58. The lowest BCUT2D eigenvalue weighted by molar-refractivity contribution is -0.144. The molecular weight excluding hydrogens is 174 g/mol. The van der Waals surface area contributed by atoms with Crippen LogP contribution < -0.4 is 5.32 Å². The van der Waals surface area contributed by atoms with Crippen LogP contribution in [0.1, 0.15) is 19.8 Å². The van der Waals surface area contributed by atoms with Gasteiger partial charge in [-0.25, -0.2) is 4.79 Å². The molecule has 1 rings (SSSR count). The van der Waals surface area contributed by atoms with Gasteiger partial charge in [-0.1, -0.05) is 0 Å². The number of carbonyl (C=O) groups excluding carboxylic acids is 1. The Labute approximate surface area is 76.1 Å². The molecule has 0 heterocycles. The predicted molar refractivity (Wildman–Crippen MR) is 44.2 cm³/mol. The summed E-state index contributed by atoms with van der Waals surface area (Å²) in [6.07, 6.45) is 0.409. The fourth-order valence-corrected chi connectivity index (χ4v) is 0.962. The standard InChI is InChI=1S/C8H13NO4/c1-5(13-2)6(10)9-8(3-4-8)7(11)12/h5H,3-4H2,1-2H3,(H,9,10)(H,11,12). The first-order chi connectivity index (χ1) is 6.02. The van der Waals surface area contributed by atoms with E-state index in [2.05, 4.69) is 5.32 Å². The van der Waals surface area contributed by atoms with E-state index in [0.717, 1.165) is 0 Å². The molecule has 0 aromatic carbocycles. The van der Waals surface area contributed by atoms with Crippen molar-refractivity contribution in [1.29, 1.82) is 0 Å². The van der Waals surface area contributed by atoms with Gasteiger partial charge in [-0.2, -0.15) is 0 Å². The molecule has 2 N–H and O–H groups in total. The minimum Gasteiger partial charge on any atom is -0.480 e. The highest BCUT2D eigenvalue weighted by Gasteiger charge is 2.52. The molecule has 1 saturated carbocycles. The number of rotatable bonds is 4. The lowest BCUT2D eigenvalue weighted by Gasteiger charge is -2.15. The zero-order valence-electron chi connectivity index (χ0n) is 7.66. The van der Waals surface area contributed by atoms with E-state index in [1.54, 1.807) is 6.92 Å². The highest BCUT2D eigenvalue weighted by Crippen LogP contribution is 2.35. The van der Waals surface area contributed by atoms with Crippen LogP contribution in [0.25, 0.3) is 0 Å². The van der Waals surface area contributed by atoms with E-state index in [1.165, 1.54) is 7.11 Å². The lowest BCUT2D eigenvalue weighted by atomic mass is 10.2. The smallest absolute Gasteiger partial charge is 0.329 e. The number of hydrogen-bond donors (Lipinski definition) is 2. The molecule has 0 bridgehead atoms. The summed E-state index contributed by atoms with van der Waals surface area (Å²) in [5.41, 5.74) is -1.01. The molecule has 0 aliphatic heterocycles. The van der Waals surface area contributed by atoms with Crippen molar-refractivity contribution in [3.05, 3.63) is 0 Å². The van der Waals surface area contributed by atoms with Crippen molar-refractivity contribution in [3.8, 4) is 0 Å². The zero-order chi connectivity index (χ0) is 10.1. The summed E-state index contributed by atoms with van der Waals surface area (Å²) in [7, 11) is 1.41. The SMILES string of the molecule is COC(C)C(=O)NC1(C(=O)O)CC1. The molecule has 0 aromatic heterocycles. The van der Waals surface area contributed by atoms with Crippen molar-refractivity contribution in [1.82, 2.24) is 5.32 Å². The Balaban J connectivity index is 2.49. The number of carboxylic acids is 1. The van der Waals surface area contributed by atoms with Gasteiger partial charge in [-0.15, -0.1) is 0 Å². The van der Waals surface area contributed by atoms with Crippen LogP contribution in [-0.4, -0.2) is 35.7 Å². The van der Waals surface area contributed by atoms with E-state index >= 15 is 0 Å². The molecule has 5 nitrogen and oxygen atoms in total. The van der Waals surface area contributed by atoms with E-state index in [9.17, 15) is 9.59 Å². The van der Waals surface area contributed by atoms with Crippen molar-refractivity contribution in [2.75, 3.05) is 7.11 Å². The van der Waals surface area contributed by atoms with Gasteiger partial charge in [0.2, 0.25) is 5.91 Å². The molecule has 0 aromatic rings. The molecule has 0 radical (unpaired) electrons. The second kappa shape index (κ2) is 3.33. The Bertz CT molecular complexity index is 234. The Morgan fingerprint density at radius 3 is 2.38 bits per heavy atom. The van der Waals surface area contributed by atoms with Crippen molar-refractivity contribution in [3.63, 3.8) is 0 Å². The van der Waals surface area contributed by atoms with Gasteiger partial charge in [0.25, 0.3) is 0 Å². The van der Waals surface area contributed by atoms with E-state index in [-0.39, 0.29) is 5.91 Å². The average molecular weight is 187 g/mol. The number of amides is 1. The van der Waals surface area contributed by atoms with Crippen LogP contribution in [0.5, 0.6) is 0 Å². The molecule has 13 heavy (non-hydrogen) atoms. The Morgan fingerprint density at radius 1 is 1.54 bits per heavy atom. The van der Waals surface area contributed by atoms with Crippen LogP contribution >= 0.6 is 0 Å². The van der Waals surface area contributed by atoms with Crippen LogP contribution in [0.4, 0.5) is 0 Å². The topological polar surface area (TPSA) is 75.6 Å². The normalized spacial score (nSPS) is 20.5. The van der Waals surface area contributed by atoms with Crippen LogP contribution in [0.3, 0.4) is 0 Å². The minimum absolute atomic E-state index is 0.373. The maximum atomic E-state index is 11.2. The van der Waals surface area contributed by atoms with E-state index in [4.69, 9.17) is 9.84 Å². The van der Waals surface area contributed by atoms with Crippen molar-refractivity contribution in [2.24, 2.45) is 0 Å². The first kappa shape index (κ1) is 9.98. The molecule has 1 aliphatic rings. The van der Waals surface area contributed by atoms with Crippen molar-refractivity contribution >= 4 is 11.9 Å². The van der Waals surface area contributed by atoms with Crippen LogP contribution in [0.2, 0.25) is 0 Å². The average Bonchev–Trinajstić information content (AvgIpc) is 2.84. The van der Waals surface area contributed by atoms with Crippen molar-refractivity contribution < 1.29 is 19.4 Å². The summed E-state index contributed by atoms with van der Waals surface area (Å²) < 4.78 is 4.76. The maximum Gasteiger partial charge on any atom is 0.329 e. The molecule has 1 unspecified atom stereocenters. The largest absolute Gasteiger partial charge is 0.480 e. The number of nitrogens with one attached hydrogen (secondary N) is 1. The summed E-state index contributed by atoms with van der Waals surface area (Å²) in [5.74, 6) is -1.34. The molecule has 0 saturated heterocycles. The third-order valence-electron chi connectivity index (χ3n) is 2.24. The summed E-state index contributed by atoms with van der Waals surface area (Å²) in [6, 6.07) is 0. The van der Waals surface area contributed by atoms with Gasteiger partial charge in [0.05, 0.1) is 0 Å². The third kappa shape index (κ3) is 1.98. The third-order valence-corrected chi connectivity index (χ3v) is 2.24. The Morgan fingerprint density at radius 2 is 2.08 bits per heavy atom. The number of methoxy groups -OCH3 is 1. The fraction of sp³-hybridized carbons (Fsp3) is 0.750. The highest BCUT2D eigenvalue weighted by molar-refractivity contribution is 5.91. The fourth-order valence-electron chi connectivity index (χ4n) is 0.962. The second-order valence-corrected chi connectivity index (χ2v) is 3.25. The van der Waals surface area contributed by atoms with Gasteiger partial charge < -0.3 is 15.2 Å². The van der Waals surface area contributed by atoms with Crippen LogP contribution in [0, 0.1) is 0 Å². The van der Waals surface area contributed by atoms with Gasteiger partial charge in [0.15, 0.2) is 0 Å². The van der Waals surface area contributed by atoms with E-state index in [0.29, 0.717) is 12.8 Å². The lowest BCUT2D eigenvalue weighted by Crippen LogP contribution is -2.47. The monoisotopic (exact) mass is 187 g/mol. The molecule has 1 amide bonds. The molecular formula is C8H13NO4. The first-order valence-electron chi connectivity index (χ1n) is 4.10. The van der Waals surface area contributed by atoms with Gasteiger partial charge in [-0.3, -0.25) is 4.79 Å². The van der Waals surface area contributed by atoms with E-state index in [1.807, 2.05) is 0 Å². The molecule has 0 spiro atoms. The van der Waals surface area contributed by atoms with Crippen molar-refractivity contribution in [2.45, 2.75) is 31.4 Å². The maximum absolute atomic E-state index is 11.2. The number of hydrogen-bond acceptors (Lipinski definition) is 3. The van der Waals surface area contributed by atoms with Gasteiger partial charge >= 0.3 is 5.97 Å². The Hall–Kier alpha value is -1.10. The highest BCUT2D eigenvalue weighted by atomic mass is 16.5. The van der Waals surface area contributed by atoms with Gasteiger partial charge in [0, 0.05) is 7.11 Å². The molecule has 5 heteroatoms. The zero-order valence-corrected chi connectivity index (χ0v) is 7.66. The van der Waals surface area contributed by atoms with Gasteiger partial charge in [-0.05, 0) is 19.8 Å². The predicted octanol–water partition coefficient (Wildman–Crippen LogP) is -0.245. The second-order valence-electron chi connectivity index (χ2n) is 3.25. The number of ether oxygens (including phenoxy) is 1. The molecule has 1 fully saturated rings. The summed E-state index contributed by atoms with van der Waals surface area (Å²) in [4.78, 5) is 21.9.